The van der Waals surface area contributed by atoms with E-state index < -0.39 is 0 Å². The van der Waals surface area contributed by atoms with E-state index in [9.17, 15) is 0 Å². The van der Waals surface area contributed by atoms with Gasteiger partial charge in [0.15, 0.2) is 0 Å². The first-order chi connectivity index (χ1) is 9.67. The van der Waals surface area contributed by atoms with E-state index in [4.69, 9.17) is 10.6 Å². The fraction of sp³-hybridized carbons (Fsp3) is 0.375. The number of thiophene rings is 1. The molecule has 1 aromatic heterocycles. The minimum atomic E-state index is 0.121. The summed E-state index contributed by atoms with van der Waals surface area (Å²) in [5.74, 6) is 6.67. The molecule has 2 aromatic rings. The summed E-state index contributed by atoms with van der Waals surface area (Å²) >= 11 is 1.82. The van der Waals surface area contributed by atoms with Gasteiger partial charge in [0.25, 0.3) is 0 Å². The van der Waals surface area contributed by atoms with Crippen LogP contribution in [0.3, 0.4) is 0 Å². The molecule has 3 nitrogen and oxygen atoms in total. The second-order valence-electron chi connectivity index (χ2n) is 4.90. The number of methoxy groups -OCH3 is 1. The maximum Gasteiger partial charge on any atom is 0.122 e. The van der Waals surface area contributed by atoms with Gasteiger partial charge in [-0.25, -0.2) is 0 Å². The van der Waals surface area contributed by atoms with Crippen LogP contribution >= 0.6 is 11.3 Å². The Morgan fingerprint density at radius 2 is 2.10 bits per heavy atom. The molecule has 1 atom stereocenters. The molecule has 0 saturated carbocycles. The second-order valence-corrected chi connectivity index (χ2v) is 6.10. The van der Waals surface area contributed by atoms with Gasteiger partial charge < -0.3 is 4.74 Å². The third-order valence-corrected chi connectivity index (χ3v) is 4.78. The van der Waals surface area contributed by atoms with E-state index in [1.807, 2.05) is 17.4 Å². The number of ether oxygens (including phenoxy) is 1. The van der Waals surface area contributed by atoms with Crippen molar-refractivity contribution in [2.24, 2.45) is 5.84 Å². The van der Waals surface area contributed by atoms with Gasteiger partial charge in [-0.15, -0.1) is 11.3 Å². The molecule has 3 N–H and O–H groups in total. The molecular formula is C16H22N2OS. The molecule has 0 aliphatic rings. The Balaban J connectivity index is 2.23. The lowest BCUT2D eigenvalue weighted by Gasteiger charge is -2.17. The monoisotopic (exact) mass is 290 g/mol. The average molecular weight is 290 g/mol. The molecule has 4 heteroatoms. The number of aryl methyl sites for hydroxylation is 2. The van der Waals surface area contributed by atoms with Crippen LogP contribution in [-0.2, 0) is 12.8 Å². The molecule has 1 unspecified atom stereocenters. The van der Waals surface area contributed by atoms with E-state index in [0.717, 1.165) is 18.6 Å². The van der Waals surface area contributed by atoms with E-state index in [-0.39, 0.29) is 6.04 Å². The van der Waals surface area contributed by atoms with Crippen LogP contribution in [0.4, 0.5) is 0 Å². The zero-order chi connectivity index (χ0) is 14.5. The summed E-state index contributed by atoms with van der Waals surface area (Å²) in [5, 5.41) is 0. The predicted octanol–water partition coefficient (Wildman–Crippen LogP) is 3.37. The predicted molar refractivity (Wildman–Crippen MR) is 85.2 cm³/mol. The van der Waals surface area contributed by atoms with Gasteiger partial charge in [0.1, 0.15) is 5.75 Å². The van der Waals surface area contributed by atoms with Crippen LogP contribution in [0.15, 0.2) is 30.3 Å². The van der Waals surface area contributed by atoms with Crippen LogP contribution in [0.2, 0.25) is 0 Å². The first-order valence-electron chi connectivity index (χ1n) is 6.86. The number of hydrogen-bond donors (Lipinski definition) is 2. The largest absolute Gasteiger partial charge is 0.496 e. The number of nitrogens with one attached hydrogen (secondary N) is 1. The summed E-state index contributed by atoms with van der Waals surface area (Å²) in [5.41, 5.74) is 5.35. The van der Waals surface area contributed by atoms with Gasteiger partial charge in [0.05, 0.1) is 13.2 Å². The Morgan fingerprint density at radius 3 is 2.70 bits per heavy atom. The number of rotatable bonds is 6. The summed E-state index contributed by atoms with van der Waals surface area (Å²) < 4.78 is 5.44. The molecule has 108 valence electrons. The van der Waals surface area contributed by atoms with Crippen LogP contribution < -0.4 is 16.0 Å². The average Bonchev–Trinajstić information content (AvgIpc) is 2.93. The molecule has 0 aliphatic heterocycles. The van der Waals surface area contributed by atoms with E-state index in [1.54, 1.807) is 7.11 Å². The van der Waals surface area contributed by atoms with E-state index in [0.29, 0.717) is 0 Å². The molecular weight excluding hydrogens is 268 g/mol. The Bertz CT molecular complexity index is 565. The molecule has 0 bridgehead atoms. The summed E-state index contributed by atoms with van der Waals surface area (Å²) in [4.78, 5) is 2.66. The van der Waals surface area contributed by atoms with Gasteiger partial charge in [-0.05, 0) is 43.5 Å². The van der Waals surface area contributed by atoms with Crippen molar-refractivity contribution >= 4 is 11.3 Å². The minimum Gasteiger partial charge on any atom is -0.496 e. The van der Waals surface area contributed by atoms with Gasteiger partial charge >= 0.3 is 0 Å². The highest BCUT2D eigenvalue weighted by Crippen LogP contribution is 2.29. The molecule has 0 saturated heterocycles. The van der Waals surface area contributed by atoms with Crippen molar-refractivity contribution in [1.29, 1.82) is 0 Å². The molecule has 0 radical (unpaired) electrons. The molecule has 1 aromatic carbocycles. The quantitative estimate of drug-likeness (QED) is 0.633. The first-order valence-corrected chi connectivity index (χ1v) is 7.67. The van der Waals surface area contributed by atoms with Gasteiger partial charge in [-0.1, -0.05) is 24.6 Å². The first kappa shape index (κ1) is 15.0. The zero-order valence-electron chi connectivity index (χ0n) is 12.3. The molecule has 0 amide bonds. The molecule has 0 fully saturated rings. The molecule has 2 rings (SSSR count). The fourth-order valence-electron chi connectivity index (χ4n) is 2.30. The normalized spacial score (nSPS) is 12.4. The van der Waals surface area contributed by atoms with Crippen LogP contribution in [0.5, 0.6) is 5.75 Å². The van der Waals surface area contributed by atoms with Gasteiger partial charge in [0.2, 0.25) is 0 Å². The summed E-state index contributed by atoms with van der Waals surface area (Å²) in [6.07, 6.45) is 1.89. The van der Waals surface area contributed by atoms with Crippen molar-refractivity contribution < 1.29 is 4.74 Å². The number of hydrazine groups is 1. The SMILES string of the molecule is CCc1ccc(C(Cc2cc(C)ccc2OC)NN)s1. The van der Waals surface area contributed by atoms with Crippen LogP contribution in [0.25, 0.3) is 0 Å². The lowest BCUT2D eigenvalue weighted by atomic mass is 10.0. The van der Waals surface area contributed by atoms with Crippen LogP contribution in [0, 0.1) is 6.92 Å². The lowest BCUT2D eigenvalue weighted by molar-refractivity contribution is 0.406. The van der Waals surface area contributed by atoms with E-state index >= 15 is 0 Å². The zero-order valence-corrected chi connectivity index (χ0v) is 13.1. The highest BCUT2D eigenvalue weighted by atomic mass is 32.1. The number of nitrogens with two attached hydrogens (primary N) is 1. The maximum atomic E-state index is 5.75. The van der Waals surface area contributed by atoms with Crippen molar-refractivity contribution in [1.82, 2.24) is 5.43 Å². The van der Waals surface area contributed by atoms with Gasteiger partial charge in [-0.2, -0.15) is 0 Å². The molecule has 0 spiro atoms. The van der Waals surface area contributed by atoms with Crippen molar-refractivity contribution in [2.75, 3.05) is 7.11 Å². The standard InChI is InChI=1S/C16H22N2OS/c1-4-13-6-8-16(20-13)14(18-17)10-12-9-11(2)5-7-15(12)19-3/h5-9,14,18H,4,10,17H2,1-3H3. The van der Waals surface area contributed by atoms with Crippen LogP contribution in [0.1, 0.15) is 33.8 Å². The van der Waals surface area contributed by atoms with Gasteiger partial charge in [-0.3, -0.25) is 11.3 Å². The third-order valence-electron chi connectivity index (χ3n) is 3.44. The third kappa shape index (κ3) is 3.39. The topological polar surface area (TPSA) is 47.3 Å². The molecule has 1 heterocycles. The summed E-state index contributed by atoms with van der Waals surface area (Å²) in [6, 6.07) is 10.7. The Hall–Kier alpha value is -1.36. The van der Waals surface area contributed by atoms with Crippen molar-refractivity contribution in [3.63, 3.8) is 0 Å². The second kappa shape index (κ2) is 6.88. The Morgan fingerprint density at radius 1 is 1.30 bits per heavy atom. The Labute approximate surface area is 124 Å². The lowest BCUT2D eigenvalue weighted by Crippen LogP contribution is -2.29. The van der Waals surface area contributed by atoms with Crippen molar-refractivity contribution in [2.45, 2.75) is 32.7 Å². The highest BCUT2D eigenvalue weighted by molar-refractivity contribution is 7.12. The van der Waals surface area contributed by atoms with Crippen LogP contribution in [-0.4, -0.2) is 7.11 Å². The summed E-state index contributed by atoms with van der Waals surface area (Å²) in [7, 11) is 1.71. The number of benzene rings is 1. The minimum absolute atomic E-state index is 0.121. The number of hydrogen-bond acceptors (Lipinski definition) is 4. The van der Waals surface area contributed by atoms with E-state index in [2.05, 4.69) is 43.5 Å². The summed E-state index contributed by atoms with van der Waals surface area (Å²) in [6.45, 7) is 4.26. The Kier molecular flexibility index (Phi) is 5.17. The maximum absolute atomic E-state index is 5.75. The van der Waals surface area contributed by atoms with Crippen molar-refractivity contribution in [3.8, 4) is 5.75 Å². The molecule has 20 heavy (non-hydrogen) atoms. The molecule has 0 aliphatic carbocycles. The smallest absolute Gasteiger partial charge is 0.122 e. The fourth-order valence-corrected chi connectivity index (χ4v) is 3.31. The van der Waals surface area contributed by atoms with Gasteiger partial charge in [0, 0.05) is 9.75 Å². The highest BCUT2D eigenvalue weighted by Gasteiger charge is 2.15. The van der Waals surface area contributed by atoms with Crippen molar-refractivity contribution in [3.05, 3.63) is 51.2 Å². The van der Waals surface area contributed by atoms with E-state index in [1.165, 1.54) is 20.9 Å².